The van der Waals surface area contributed by atoms with Crippen LogP contribution < -0.4 is 5.32 Å². The number of aromatic nitrogens is 1. The number of ether oxygens (including phenoxy) is 1. The number of hydrogen-bond donors (Lipinski definition) is 1. The summed E-state index contributed by atoms with van der Waals surface area (Å²) in [6.45, 7) is 6.13. The summed E-state index contributed by atoms with van der Waals surface area (Å²) in [5.74, 6) is 0.541. The van der Waals surface area contributed by atoms with E-state index in [0.717, 1.165) is 13.0 Å². The fourth-order valence-electron chi connectivity index (χ4n) is 1.30. The van der Waals surface area contributed by atoms with Crippen molar-refractivity contribution in [1.82, 2.24) is 10.3 Å². The Hall–Kier alpha value is -0.940. The van der Waals surface area contributed by atoms with E-state index in [1.165, 1.54) is 0 Å². The lowest BCUT2D eigenvalue weighted by Crippen LogP contribution is -2.27. The minimum Gasteiger partial charge on any atom is -0.380 e. The molecule has 1 rings (SSSR count). The Bertz CT molecular complexity index is 383. The average Bonchev–Trinajstić information content (AvgIpc) is 2.33. The van der Waals surface area contributed by atoms with Gasteiger partial charge in [-0.3, -0.25) is 4.79 Å². The highest BCUT2D eigenvalue weighted by Gasteiger charge is 2.05. The fourth-order valence-corrected chi connectivity index (χ4v) is 1.67. The van der Waals surface area contributed by atoms with Crippen molar-refractivity contribution < 1.29 is 9.53 Å². The Labute approximate surface area is 116 Å². The predicted molar refractivity (Wildman–Crippen MR) is 74.5 cm³/mol. The second kappa shape index (κ2) is 8.21. The van der Waals surface area contributed by atoms with Crippen LogP contribution in [0.2, 0.25) is 0 Å². The smallest absolute Gasteiger partial charge is 0.251 e. The molecule has 1 N–H and O–H groups in total. The summed E-state index contributed by atoms with van der Waals surface area (Å²) in [6.07, 6.45) is 2.64. The van der Waals surface area contributed by atoms with Gasteiger partial charge in [0, 0.05) is 24.9 Å². The number of pyridine rings is 1. The molecule has 0 saturated carbocycles. The number of hydrogen-bond acceptors (Lipinski definition) is 3. The van der Waals surface area contributed by atoms with E-state index in [1.54, 1.807) is 18.3 Å². The molecule has 1 heterocycles. The van der Waals surface area contributed by atoms with Crippen LogP contribution in [-0.4, -0.2) is 30.6 Å². The molecule has 0 bridgehead atoms. The van der Waals surface area contributed by atoms with Crippen LogP contribution in [0.1, 0.15) is 30.6 Å². The van der Waals surface area contributed by atoms with Gasteiger partial charge in [-0.05, 0) is 40.4 Å². The Kier molecular flexibility index (Phi) is 6.90. The maximum absolute atomic E-state index is 11.7. The number of halogens is 1. The van der Waals surface area contributed by atoms with Gasteiger partial charge in [-0.1, -0.05) is 13.8 Å². The number of carbonyl (C=O) groups is 1. The van der Waals surface area contributed by atoms with E-state index in [9.17, 15) is 4.79 Å². The van der Waals surface area contributed by atoms with Crippen molar-refractivity contribution >= 4 is 21.8 Å². The monoisotopic (exact) mass is 314 g/mol. The number of carbonyl (C=O) groups excluding carboxylic acids is 1. The Morgan fingerprint density at radius 1 is 1.50 bits per heavy atom. The molecule has 0 unspecified atom stereocenters. The summed E-state index contributed by atoms with van der Waals surface area (Å²) in [4.78, 5) is 15.7. The Morgan fingerprint density at radius 3 is 2.94 bits per heavy atom. The van der Waals surface area contributed by atoms with E-state index in [4.69, 9.17) is 4.74 Å². The van der Waals surface area contributed by atoms with Gasteiger partial charge >= 0.3 is 0 Å². The molecule has 0 radical (unpaired) electrons. The molecule has 0 aromatic carbocycles. The highest BCUT2D eigenvalue weighted by Crippen LogP contribution is 2.07. The molecule has 1 aromatic heterocycles. The molecule has 0 aliphatic rings. The van der Waals surface area contributed by atoms with Crippen molar-refractivity contribution in [2.24, 2.45) is 5.92 Å². The number of nitrogens with zero attached hydrogens (tertiary/aromatic N) is 1. The van der Waals surface area contributed by atoms with E-state index in [2.05, 4.69) is 40.1 Å². The molecule has 0 aliphatic heterocycles. The summed E-state index contributed by atoms with van der Waals surface area (Å²) in [6, 6.07) is 3.37. The third kappa shape index (κ3) is 6.12. The molecule has 0 spiro atoms. The van der Waals surface area contributed by atoms with Gasteiger partial charge < -0.3 is 10.1 Å². The van der Waals surface area contributed by atoms with Gasteiger partial charge in [0.15, 0.2) is 0 Å². The van der Waals surface area contributed by atoms with Crippen LogP contribution in [0.3, 0.4) is 0 Å². The molecule has 1 aromatic rings. The van der Waals surface area contributed by atoms with Crippen LogP contribution in [0.15, 0.2) is 22.9 Å². The van der Waals surface area contributed by atoms with Crippen molar-refractivity contribution in [3.05, 3.63) is 28.5 Å². The second-order valence-corrected chi connectivity index (χ2v) is 5.23. The van der Waals surface area contributed by atoms with E-state index >= 15 is 0 Å². The summed E-state index contributed by atoms with van der Waals surface area (Å²) >= 11 is 3.23. The van der Waals surface area contributed by atoms with E-state index in [-0.39, 0.29) is 5.91 Å². The van der Waals surface area contributed by atoms with Crippen molar-refractivity contribution in [3.8, 4) is 0 Å². The number of rotatable bonds is 7. The third-order valence-electron chi connectivity index (χ3n) is 2.36. The van der Waals surface area contributed by atoms with E-state index < -0.39 is 0 Å². The first-order valence-corrected chi connectivity index (χ1v) is 6.86. The lowest BCUT2D eigenvalue weighted by atomic mass is 10.1. The molecule has 1 amide bonds. The lowest BCUT2D eigenvalue weighted by molar-refractivity contribution is 0.0905. The van der Waals surface area contributed by atoms with Crippen LogP contribution >= 0.6 is 15.9 Å². The largest absolute Gasteiger partial charge is 0.380 e. The summed E-state index contributed by atoms with van der Waals surface area (Å²) in [5.41, 5.74) is 0.596. The van der Waals surface area contributed by atoms with Crippen LogP contribution in [0.5, 0.6) is 0 Å². The van der Waals surface area contributed by atoms with Crippen molar-refractivity contribution in [1.29, 1.82) is 0 Å². The fraction of sp³-hybridized carbons (Fsp3) is 0.538. The van der Waals surface area contributed by atoms with Crippen LogP contribution in [0, 0.1) is 5.92 Å². The zero-order valence-electron chi connectivity index (χ0n) is 10.8. The Morgan fingerprint density at radius 2 is 2.28 bits per heavy atom. The summed E-state index contributed by atoms with van der Waals surface area (Å²) in [7, 11) is 0. The highest BCUT2D eigenvalue weighted by molar-refractivity contribution is 9.10. The van der Waals surface area contributed by atoms with Crippen LogP contribution in [0.4, 0.5) is 0 Å². The SMILES string of the molecule is CC(C)CCOCCNC(=O)c1ccnc(Br)c1. The van der Waals surface area contributed by atoms with Gasteiger partial charge in [0.1, 0.15) is 4.60 Å². The highest BCUT2D eigenvalue weighted by atomic mass is 79.9. The average molecular weight is 315 g/mol. The van der Waals surface area contributed by atoms with Gasteiger partial charge in [0.25, 0.3) is 5.91 Å². The molecule has 0 saturated heterocycles. The first kappa shape index (κ1) is 15.1. The molecule has 5 heteroatoms. The molecule has 4 nitrogen and oxygen atoms in total. The van der Waals surface area contributed by atoms with Crippen molar-refractivity contribution in [2.75, 3.05) is 19.8 Å². The quantitative estimate of drug-likeness (QED) is 0.622. The van der Waals surface area contributed by atoms with Crippen molar-refractivity contribution in [3.63, 3.8) is 0 Å². The maximum Gasteiger partial charge on any atom is 0.251 e. The molecule has 0 fully saturated rings. The van der Waals surface area contributed by atoms with Gasteiger partial charge in [0.05, 0.1) is 6.61 Å². The van der Waals surface area contributed by atoms with Gasteiger partial charge in [-0.25, -0.2) is 4.98 Å². The molecule has 100 valence electrons. The maximum atomic E-state index is 11.7. The summed E-state index contributed by atoms with van der Waals surface area (Å²) < 4.78 is 6.07. The zero-order chi connectivity index (χ0) is 13.4. The minimum absolute atomic E-state index is 0.106. The second-order valence-electron chi connectivity index (χ2n) is 4.42. The first-order valence-electron chi connectivity index (χ1n) is 6.07. The normalized spacial score (nSPS) is 10.7. The van der Waals surface area contributed by atoms with Crippen LogP contribution in [-0.2, 0) is 4.74 Å². The summed E-state index contributed by atoms with van der Waals surface area (Å²) in [5, 5.41) is 2.80. The molecule has 18 heavy (non-hydrogen) atoms. The molecular formula is C13H19BrN2O2. The molecule has 0 atom stereocenters. The van der Waals surface area contributed by atoms with Gasteiger partial charge in [0.2, 0.25) is 0 Å². The van der Waals surface area contributed by atoms with Gasteiger partial charge in [-0.15, -0.1) is 0 Å². The Balaban J connectivity index is 2.18. The van der Waals surface area contributed by atoms with Crippen LogP contribution in [0.25, 0.3) is 0 Å². The molecular weight excluding hydrogens is 296 g/mol. The zero-order valence-corrected chi connectivity index (χ0v) is 12.4. The first-order chi connectivity index (χ1) is 8.59. The minimum atomic E-state index is -0.106. The standard InChI is InChI=1S/C13H19BrN2O2/c1-10(2)4-7-18-8-6-16-13(17)11-3-5-15-12(14)9-11/h3,5,9-10H,4,6-8H2,1-2H3,(H,16,17). The lowest BCUT2D eigenvalue weighted by Gasteiger charge is -2.07. The molecule has 0 aliphatic carbocycles. The van der Waals surface area contributed by atoms with E-state index in [0.29, 0.717) is 29.2 Å². The van der Waals surface area contributed by atoms with Gasteiger partial charge in [-0.2, -0.15) is 0 Å². The predicted octanol–water partition coefficient (Wildman–Crippen LogP) is 2.64. The van der Waals surface area contributed by atoms with E-state index in [1.807, 2.05) is 0 Å². The number of nitrogens with one attached hydrogen (secondary N) is 1. The number of amides is 1. The van der Waals surface area contributed by atoms with Crippen molar-refractivity contribution in [2.45, 2.75) is 20.3 Å². The topological polar surface area (TPSA) is 51.2 Å². The third-order valence-corrected chi connectivity index (χ3v) is 2.79.